The second-order valence-electron chi connectivity index (χ2n) is 6.04. The van der Waals surface area contributed by atoms with Crippen molar-refractivity contribution in [3.63, 3.8) is 0 Å². The summed E-state index contributed by atoms with van der Waals surface area (Å²) in [4.78, 5) is 0. The molecule has 3 aromatic rings. The average Bonchev–Trinajstić information content (AvgIpc) is 2.63. The molecule has 0 bridgehead atoms. The third-order valence-corrected chi connectivity index (χ3v) is 10.3. The molecule has 0 aliphatic rings. The first kappa shape index (κ1) is 17.4. The zero-order valence-electron chi connectivity index (χ0n) is 14.0. The van der Waals surface area contributed by atoms with Gasteiger partial charge in [0.15, 0.2) is 0 Å². The molecule has 1 nitrogen and oxygen atoms in total. The van der Waals surface area contributed by atoms with E-state index in [1.165, 1.54) is 21.7 Å². The second-order valence-corrected chi connectivity index (χ2v) is 12.0. The Morgan fingerprint density at radius 3 is 1.83 bits per heavy atom. The number of rotatable bonds is 5. The third-order valence-electron chi connectivity index (χ3n) is 4.19. The molecule has 0 saturated carbocycles. The second kappa shape index (κ2) is 7.64. The van der Waals surface area contributed by atoms with Crippen molar-refractivity contribution in [3.05, 3.63) is 96.1 Å². The van der Waals surface area contributed by atoms with Crippen molar-refractivity contribution in [2.45, 2.75) is 19.9 Å². The average molecular weight is 398 g/mol. The summed E-state index contributed by atoms with van der Waals surface area (Å²) in [7, 11) is 0. The molecular formula is C21H22NPSe. The molecule has 0 aromatic heterocycles. The summed E-state index contributed by atoms with van der Waals surface area (Å²) in [5.74, 6) is 0. The Kier molecular flexibility index (Phi) is 5.53. The van der Waals surface area contributed by atoms with E-state index in [0.29, 0.717) is 0 Å². The SMILES string of the molecule is Cc1ccc(P(=[Se])(N[C@@H](C)c2ccccc2)c2ccccc2)cc1. The van der Waals surface area contributed by atoms with Crippen LogP contribution in [0.1, 0.15) is 24.1 Å². The minimum absolute atomic E-state index is 0.266. The Bertz CT molecular complexity index is 829. The van der Waals surface area contributed by atoms with Gasteiger partial charge >= 0.3 is 152 Å². The standard InChI is InChI=1S/C21H22NPSe/c1-17-13-15-21(16-14-17)23(24,20-11-7-4-8-12-20)22-18(2)19-9-5-3-6-10-19/h3-16,18H,1-2H3,(H,22,24)/t18-,23?/m0/s1. The monoisotopic (exact) mass is 399 g/mol. The number of benzene rings is 3. The minimum atomic E-state index is -1.79. The van der Waals surface area contributed by atoms with Gasteiger partial charge in [-0.1, -0.05) is 0 Å². The Labute approximate surface area is 152 Å². The fourth-order valence-corrected chi connectivity index (χ4v) is 7.76. The van der Waals surface area contributed by atoms with E-state index in [0.717, 1.165) is 0 Å². The van der Waals surface area contributed by atoms with Crippen molar-refractivity contribution in [1.82, 2.24) is 5.09 Å². The summed E-state index contributed by atoms with van der Waals surface area (Å²) in [5.41, 5.74) is 0.802. The van der Waals surface area contributed by atoms with Crippen molar-refractivity contribution in [3.8, 4) is 0 Å². The summed E-state index contributed by atoms with van der Waals surface area (Å²) >= 11 is 3.54. The van der Waals surface area contributed by atoms with Crippen LogP contribution >= 0.6 is 5.66 Å². The molecular weight excluding hydrogens is 376 g/mol. The van der Waals surface area contributed by atoms with Crippen molar-refractivity contribution in [2.24, 2.45) is 0 Å². The molecule has 0 saturated heterocycles. The Balaban J connectivity index is 2.03. The van der Waals surface area contributed by atoms with Crippen LogP contribution in [0.3, 0.4) is 0 Å². The number of hydrogen-bond donors (Lipinski definition) is 1. The van der Waals surface area contributed by atoms with Crippen LogP contribution in [-0.2, 0) is 0 Å². The van der Waals surface area contributed by atoms with Gasteiger partial charge in [-0.2, -0.15) is 0 Å². The molecule has 0 fully saturated rings. The molecule has 0 aliphatic heterocycles. The van der Waals surface area contributed by atoms with Gasteiger partial charge in [0.2, 0.25) is 0 Å². The van der Waals surface area contributed by atoms with E-state index in [2.05, 4.69) is 119 Å². The molecule has 24 heavy (non-hydrogen) atoms. The van der Waals surface area contributed by atoms with Gasteiger partial charge in [-0.25, -0.2) is 0 Å². The van der Waals surface area contributed by atoms with Crippen molar-refractivity contribution >= 4 is 31.4 Å². The normalized spacial score (nSPS) is 14.8. The molecule has 0 aliphatic carbocycles. The molecule has 0 spiro atoms. The van der Waals surface area contributed by atoms with Crippen LogP contribution in [0.4, 0.5) is 0 Å². The van der Waals surface area contributed by atoms with Gasteiger partial charge in [0.25, 0.3) is 0 Å². The molecule has 3 heteroatoms. The Hall–Kier alpha value is -1.43. The molecule has 0 heterocycles. The van der Waals surface area contributed by atoms with Crippen LogP contribution in [0.25, 0.3) is 0 Å². The summed E-state index contributed by atoms with van der Waals surface area (Å²) in [6, 6.07) is 30.5. The predicted octanol–water partition coefficient (Wildman–Crippen LogP) is 4.31. The first-order valence-electron chi connectivity index (χ1n) is 8.15. The number of aryl methyl sites for hydroxylation is 1. The molecule has 0 amide bonds. The van der Waals surface area contributed by atoms with Gasteiger partial charge in [-0.15, -0.1) is 0 Å². The van der Waals surface area contributed by atoms with E-state index in [1.54, 1.807) is 0 Å². The van der Waals surface area contributed by atoms with Crippen LogP contribution in [-0.4, -0.2) is 15.1 Å². The maximum atomic E-state index is 3.92. The molecule has 1 unspecified atom stereocenters. The fraction of sp³-hybridized carbons (Fsp3) is 0.143. The Morgan fingerprint density at radius 1 is 0.750 bits per heavy atom. The summed E-state index contributed by atoms with van der Waals surface area (Å²) in [5, 5.41) is 6.58. The van der Waals surface area contributed by atoms with Crippen LogP contribution in [0.2, 0.25) is 0 Å². The van der Waals surface area contributed by atoms with Gasteiger partial charge in [-0.3, -0.25) is 0 Å². The van der Waals surface area contributed by atoms with Crippen molar-refractivity contribution < 1.29 is 0 Å². The summed E-state index contributed by atoms with van der Waals surface area (Å²) in [6.07, 6.45) is 0. The first-order chi connectivity index (χ1) is 11.6. The van der Waals surface area contributed by atoms with Gasteiger partial charge in [0, 0.05) is 0 Å². The molecule has 122 valence electrons. The van der Waals surface area contributed by atoms with E-state index < -0.39 is 5.66 Å². The Morgan fingerprint density at radius 2 is 1.25 bits per heavy atom. The molecule has 1 N–H and O–H groups in total. The zero-order chi connectivity index (χ0) is 17.0. The quantitative estimate of drug-likeness (QED) is 0.499. The van der Waals surface area contributed by atoms with Crippen LogP contribution < -0.4 is 15.7 Å². The van der Waals surface area contributed by atoms with Crippen LogP contribution in [0.5, 0.6) is 0 Å². The molecule has 3 rings (SSSR count). The maximum absolute atomic E-state index is 3.92. The van der Waals surface area contributed by atoms with Gasteiger partial charge in [0.1, 0.15) is 0 Å². The van der Waals surface area contributed by atoms with Crippen molar-refractivity contribution in [2.75, 3.05) is 0 Å². The summed E-state index contributed by atoms with van der Waals surface area (Å²) < 4.78 is 0. The van der Waals surface area contributed by atoms with Crippen LogP contribution in [0, 0.1) is 6.92 Å². The number of nitrogens with one attached hydrogen (secondary N) is 1. The number of hydrogen-bond acceptors (Lipinski definition) is 1. The topological polar surface area (TPSA) is 12.0 Å². The summed E-state index contributed by atoms with van der Waals surface area (Å²) in [6.45, 7) is 4.37. The molecule has 0 radical (unpaired) electrons. The van der Waals surface area contributed by atoms with E-state index in [-0.39, 0.29) is 6.04 Å². The van der Waals surface area contributed by atoms with Gasteiger partial charge in [-0.05, 0) is 0 Å². The van der Waals surface area contributed by atoms with E-state index in [1.807, 2.05) is 0 Å². The zero-order valence-corrected chi connectivity index (χ0v) is 16.6. The first-order valence-corrected chi connectivity index (χ1v) is 12.2. The third kappa shape index (κ3) is 3.79. The van der Waals surface area contributed by atoms with Gasteiger partial charge in [0.05, 0.1) is 0 Å². The van der Waals surface area contributed by atoms with E-state index >= 15 is 0 Å². The molecule has 3 aromatic carbocycles. The van der Waals surface area contributed by atoms with Gasteiger partial charge < -0.3 is 0 Å². The van der Waals surface area contributed by atoms with E-state index in [9.17, 15) is 0 Å². The van der Waals surface area contributed by atoms with Crippen molar-refractivity contribution in [1.29, 1.82) is 0 Å². The fourth-order valence-electron chi connectivity index (χ4n) is 2.78. The van der Waals surface area contributed by atoms with Crippen LogP contribution in [0.15, 0.2) is 84.9 Å². The molecule has 2 atom stereocenters. The predicted molar refractivity (Wildman–Crippen MR) is 108 cm³/mol. The van der Waals surface area contributed by atoms with E-state index in [4.69, 9.17) is 0 Å².